The lowest BCUT2D eigenvalue weighted by Crippen LogP contribution is -2.50. The van der Waals surface area contributed by atoms with Crippen LogP contribution in [-0.2, 0) is 37.5 Å². The molecular weight excluding hydrogens is 821 g/mol. The first kappa shape index (κ1) is 45.4. The highest BCUT2D eigenvalue weighted by Gasteiger charge is 2.32. The first-order valence-electron chi connectivity index (χ1n) is 19.0. The van der Waals surface area contributed by atoms with Crippen LogP contribution in [0.15, 0.2) is 84.9 Å². The number of nitrogens with two attached hydrogens (primary N) is 1. The topological polar surface area (TPSA) is 185 Å². The third-order valence-corrected chi connectivity index (χ3v) is 13.2. The van der Waals surface area contributed by atoms with Crippen molar-refractivity contribution < 1.29 is 49.5 Å². The fraction of sp³-hybridized carbons (Fsp3) is 0.333. The number of aryl methyl sites for hydroxylation is 2. The summed E-state index contributed by atoms with van der Waals surface area (Å²) in [7, 11) is -5.03. The van der Waals surface area contributed by atoms with Crippen LogP contribution in [0, 0.1) is 25.5 Å². The Morgan fingerprint density at radius 1 is 0.617 bits per heavy atom. The van der Waals surface area contributed by atoms with Crippen molar-refractivity contribution in [2.45, 2.75) is 26.9 Å². The zero-order chi connectivity index (χ0) is 43.8. The van der Waals surface area contributed by atoms with Crippen molar-refractivity contribution in [1.82, 2.24) is 9.80 Å². The van der Waals surface area contributed by atoms with Crippen molar-refractivity contribution in [1.29, 1.82) is 0 Å². The Morgan fingerprint density at radius 2 is 0.983 bits per heavy atom. The number of anilines is 2. The maximum atomic E-state index is 14.7. The molecule has 0 saturated carbocycles. The van der Waals surface area contributed by atoms with E-state index in [9.17, 15) is 44.8 Å². The van der Waals surface area contributed by atoms with Crippen LogP contribution in [-0.4, -0.2) is 113 Å². The average molecular weight is 868 g/mol. The molecule has 0 unspecified atom stereocenters. The van der Waals surface area contributed by atoms with Crippen LogP contribution >= 0.6 is 0 Å². The Morgan fingerprint density at radius 3 is 1.32 bits per heavy atom. The van der Waals surface area contributed by atoms with Gasteiger partial charge in [0.15, 0.2) is 25.5 Å². The highest BCUT2D eigenvalue weighted by molar-refractivity contribution is 7.91. The molecule has 0 aromatic heterocycles. The van der Waals surface area contributed by atoms with Crippen molar-refractivity contribution >= 4 is 54.9 Å². The monoisotopic (exact) mass is 867 g/mol. The molecule has 0 bridgehead atoms. The van der Waals surface area contributed by atoms with Gasteiger partial charge in [0.1, 0.15) is 11.6 Å². The van der Waals surface area contributed by atoms with Gasteiger partial charge < -0.3 is 20.3 Å². The molecule has 60 heavy (non-hydrogen) atoms. The Labute approximate surface area is 348 Å². The summed E-state index contributed by atoms with van der Waals surface area (Å²) in [6.07, 6.45) is 0. The van der Waals surface area contributed by atoms with Gasteiger partial charge in [-0.25, -0.2) is 40.0 Å². The molecule has 320 valence electrons. The van der Waals surface area contributed by atoms with Gasteiger partial charge in [0.2, 0.25) is 0 Å². The van der Waals surface area contributed by atoms with E-state index in [4.69, 9.17) is 5.73 Å². The van der Waals surface area contributed by atoms with E-state index >= 15 is 0 Å². The summed E-state index contributed by atoms with van der Waals surface area (Å²) >= 11 is 0. The van der Waals surface area contributed by atoms with Crippen LogP contribution in [0.25, 0.3) is 0 Å². The Kier molecular flexibility index (Phi) is 14.8. The minimum Gasteiger partial charge on any atom is -0.465 e. The van der Waals surface area contributed by atoms with Crippen molar-refractivity contribution in [3.05, 3.63) is 130 Å². The molecular formula is C42H47F2N5O9S2. The van der Waals surface area contributed by atoms with Gasteiger partial charge in [0.05, 0.1) is 66.7 Å². The second-order valence-corrected chi connectivity index (χ2v) is 19.0. The van der Waals surface area contributed by atoms with Gasteiger partial charge in [0.25, 0.3) is 0 Å². The summed E-state index contributed by atoms with van der Waals surface area (Å²) in [4.78, 5) is 55.2. The second kappa shape index (κ2) is 19.6. The quantitative estimate of drug-likeness (QED) is 0.179. The molecule has 2 aliphatic heterocycles. The van der Waals surface area contributed by atoms with Crippen molar-refractivity contribution in [3.63, 3.8) is 0 Å². The van der Waals surface area contributed by atoms with E-state index < -0.39 is 49.3 Å². The smallest absolute Gasteiger partial charge is 0.337 e. The number of nitrogens with zero attached hydrogens (tertiary/aromatic N) is 4. The summed E-state index contributed by atoms with van der Waals surface area (Å²) in [6.45, 7) is 3.78. The lowest BCUT2D eigenvalue weighted by molar-refractivity contribution is 0.0600. The van der Waals surface area contributed by atoms with E-state index in [0.717, 1.165) is 11.1 Å². The van der Waals surface area contributed by atoms with Crippen LogP contribution in [0.3, 0.4) is 0 Å². The number of rotatable bonds is 9. The number of halogens is 2. The maximum Gasteiger partial charge on any atom is 0.337 e. The van der Waals surface area contributed by atoms with Gasteiger partial charge in [-0.3, -0.25) is 14.6 Å². The minimum atomic E-state index is -3.16. The fourth-order valence-electron chi connectivity index (χ4n) is 6.47. The number of sulfone groups is 2. The van der Waals surface area contributed by atoms with Gasteiger partial charge in [-0.1, -0.05) is 48.5 Å². The Hall–Kier alpha value is -5.72. The number of methoxy groups -OCH3 is 1. The first-order chi connectivity index (χ1) is 28.4. The molecule has 2 fully saturated rings. The molecule has 0 radical (unpaired) electrons. The number of esters is 1. The predicted molar refractivity (Wildman–Crippen MR) is 223 cm³/mol. The summed E-state index contributed by atoms with van der Waals surface area (Å²) < 4.78 is 80.9. The Balaban J connectivity index is 0.000000228. The summed E-state index contributed by atoms with van der Waals surface area (Å²) in [5.74, 6) is -2.21. The fourth-order valence-corrected chi connectivity index (χ4v) is 8.87. The van der Waals surface area contributed by atoms with E-state index in [-0.39, 0.29) is 86.0 Å². The zero-order valence-electron chi connectivity index (χ0n) is 33.5. The van der Waals surface area contributed by atoms with Crippen molar-refractivity contribution in [2.75, 3.05) is 72.6 Å². The summed E-state index contributed by atoms with van der Waals surface area (Å²) in [5.41, 5.74) is 9.23. The number of ether oxygens (including phenoxy) is 1. The van der Waals surface area contributed by atoms with E-state index in [2.05, 4.69) is 4.74 Å². The number of hydrogen-bond acceptors (Lipinski definition) is 10. The van der Waals surface area contributed by atoms with Crippen molar-refractivity contribution in [3.8, 4) is 0 Å². The molecule has 0 atom stereocenters. The molecule has 0 aliphatic carbocycles. The number of carbonyl (C=O) groups is 4. The molecule has 2 heterocycles. The van der Waals surface area contributed by atoms with Gasteiger partial charge >= 0.3 is 18.0 Å². The SMILES string of the molecule is COC(=O)c1ccc(CN(C(=O)N2CCS(=O)(=O)CC2)c2ccc(C)cc2F)cc1.Cc1ccc(N(Cc2ccc(C(=O)CN)cc2)C(=O)N2CCS(=O)(=O)CC2)c(F)c1. The number of ketones is 1. The predicted octanol–water partition coefficient (Wildman–Crippen LogP) is 4.91. The number of benzene rings is 4. The molecule has 2 aliphatic rings. The highest BCUT2D eigenvalue weighted by Crippen LogP contribution is 2.27. The van der Waals surface area contributed by atoms with Crippen molar-refractivity contribution in [2.24, 2.45) is 5.73 Å². The molecule has 2 saturated heterocycles. The molecule has 18 heteroatoms. The van der Waals surface area contributed by atoms with Crippen LogP contribution < -0.4 is 15.5 Å². The maximum absolute atomic E-state index is 14.7. The number of amides is 4. The van der Waals surface area contributed by atoms with Gasteiger partial charge in [0, 0.05) is 31.7 Å². The number of urea groups is 2. The summed E-state index contributed by atoms with van der Waals surface area (Å²) in [6, 6.07) is 21.3. The van der Waals surface area contributed by atoms with Gasteiger partial charge in [-0.05, 0) is 72.5 Å². The van der Waals surface area contributed by atoms with E-state index in [0.29, 0.717) is 22.3 Å². The molecule has 6 rings (SSSR count). The van der Waals surface area contributed by atoms with E-state index in [1.807, 2.05) is 0 Å². The molecule has 0 spiro atoms. The second-order valence-electron chi connectivity index (χ2n) is 14.4. The van der Waals surface area contributed by atoms with Gasteiger partial charge in [-0.2, -0.15) is 0 Å². The first-order valence-corrected chi connectivity index (χ1v) is 22.6. The zero-order valence-corrected chi connectivity index (χ0v) is 35.1. The van der Waals surface area contributed by atoms with Crippen LogP contribution in [0.4, 0.5) is 29.7 Å². The van der Waals surface area contributed by atoms with E-state index in [1.54, 1.807) is 74.5 Å². The average Bonchev–Trinajstić information content (AvgIpc) is 3.22. The lowest BCUT2D eigenvalue weighted by Gasteiger charge is -2.33. The Bertz CT molecular complexity index is 2250. The van der Waals surface area contributed by atoms with Crippen LogP contribution in [0.5, 0.6) is 0 Å². The van der Waals surface area contributed by atoms with E-state index in [1.165, 1.54) is 51.0 Å². The third-order valence-electron chi connectivity index (χ3n) is 10.00. The molecule has 4 amide bonds. The number of Topliss-reactive ketones (excluding diaryl/α,β-unsaturated/α-hetero) is 1. The lowest BCUT2D eigenvalue weighted by atomic mass is 10.1. The molecule has 2 N–H and O–H groups in total. The van der Waals surface area contributed by atoms with Crippen LogP contribution in [0.2, 0.25) is 0 Å². The highest BCUT2D eigenvalue weighted by atomic mass is 32.2. The molecule has 4 aromatic carbocycles. The van der Waals surface area contributed by atoms with Crippen LogP contribution in [0.1, 0.15) is 43.0 Å². The molecule has 4 aromatic rings. The third kappa shape index (κ3) is 11.7. The summed E-state index contributed by atoms with van der Waals surface area (Å²) in [5, 5.41) is 0. The normalized spacial score (nSPS) is 15.6. The molecule has 14 nitrogen and oxygen atoms in total. The standard InChI is InChI=1S/C21H24FN3O4S.C21H23FN2O5S/c1-15-2-7-19(18(22)12-15)25(21(27)24-8-10-30(28,29)11-9-24)14-16-3-5-17(6-4-16)20(26)13-23;1-15-3-8-19(18(22)13-15)24(21(26)23-9-11-30(27,28)12-10-23)14-16-4-6-17(7-5-16)20(25)29-2/h2-7,12H,8-11,13-14,23H2,1H3;3-8,13H,9-12,14H2,1-2H3. The number of hydrogen-bond donors (Lipinski definition) is 1. The van der Waals surface area contributed by atoms with Gasteiger partial charge in [-0.15, -0.1) is 0 Å². The largest absolute Gasteiger partial charge is 0.465 e. The number of carbonyl (C=O) groups excluding carboxylic acids is 4. The minimum absolute atomic E-state index is 0.0590.